The molecule has 7 nitrogen and oxygen atoms in total. The molecule has 0 aromatic carbocycles. The number of aromatic nitrogens is 2. The van der Waals surface area contributed by atoms with Crippen LogP contribution >= 0.6 is 11.3 Å². The van der Waals surface area contributed by atoms with Crippen LogP contribution < -0.4 is 10.9 Å². The minimum Gasteiger partial charge on any atom is -0.480 e. The number of nitrogens with one attached hydrogen (secondary N) is 1. The number of amides is 1. The molecule has 0 saturated carbocycles. The monoisotopic (exact) mass is 267 g/mol. The van der Waals surface area contributed by atoms with E-state index in [1.54, 1.807) is 11.4 Å². The number of nitrogens with zero attached hydrogens (tertiary/aromatic N) is 2. The van der Waals surface area contributed by atoms with Crippen molar-refractivity contribution in [3.63, 3.8) is 0 Å². The third-order valence-corrected chi connectivity index (χ3v) is 3.02. The highest BCUT2D eigenvalue weighted by atomic mass is 32.1. The van der Waals surface area contributed by atoms with Gasteiger partial charge in [-0.2, -0.15) is 0 Å². The van der Waals surface area contributed by atoms with E-state index in [0.717, 1.165) is 4.57 Å². The third-order valence-electron chi connectivity index (χ3n) is 2.20. The van der Waals surface area contributed by atoms with Crippen molar-refractivity contribution in [2.24, 2.45) is 0 Å². The van der Waals surface area contributed by atoms with Crippen molar-refractivity contribution in [1.82, 2.24) is 14.9 Å². The Bertz CT molecular complexity index is 660. The predicted molar refractivity (Wildman–Crippen MR) is 64.5 cm³/mol. The first-order chi connectivity index (χ1) is 8.58. The molecule has 0 spiro atoms. The highest BCUT2D eigenvalue weighted by Gasteiger charge is 2.09. The van der Waals surface area contributed by atoms with Gasteiger partial charge in [0.15, 0.2) is 0 Å². The van der Waals surface area contributed by atoms with E-state index in [9.17, 15) is 14.4 Å². The first kappa shape index (κ1) is 12.2. The molecule has 0 bridgehead atoms. The summed E-state index contributed by atoms with van der Waals surface area (Å²) in [6.07, 6.45) is 1.28. The van der Waals surface area contributed by atoms with Gasteiger partial charge in [0.05, 0.1) is 11.7 Å². The van der Waals surface area contributed by atoms with Gasteiger partial charge < -0.3 is 10.4 Å². The summed E-state index contributed by atoms with van der Waals surface area (Å²) < 4.78 is 1.15. The Morgan fingerprint density at radius 2 is 2.28 bits per heavy atom. The van der Waals surface area contributed by atoms with Gasteiger partial charge in [-0.3, -0.25) is 19.0 Å². The molecule has 0 radical (unpaired) electrons. The van der Waals surface area contributed by atoms with Crippen LogP contribution in [-0.2, 0) is 16.1 Å². The van der Waals surface area contributed by atoms with Crippen LogP contribution in [0, 0.1) is 0 Å². The highest BCUT2D eigenvalue weighted by Crippen LogP contribution is 2.12. The van der Waals surface area contributed by atoms with E-state index in [1.807, 2.05) is 0 Å². The summed E-state index contributed by atoms with van der Waals surface area (Å²) in [5.74, 6) is -1.68. The summed E-state index contributed by atoms with van der Waals surface area (Å²) in [5, 5.41) is 12.8. The second-order valence-corrected chi connectivity index (χ2v) is 4.38. The molecule has 18 heavy (non-hydrogen) atoms. The number of rotatable bonds is 4. The molecule has 2 rings (SSSR count). The van der Waals surface area contributed by atoms with E-state index < -0.39 is 18.4 Å². The third kappa shape index (κ3) is 2.54. The van der Waals surface area contributed by atoms with E-state index in [-0.39, 0.29) is 12.1 Å². The lowest BCUT2D eigenvalue weighted by Gasteiger charge is -2.05. The molecule has 0 fully saturated rings. The Hall–Kier alpha value is -2.22. The number of thiophene rings is 1. The van der Waals surface area contributed by atoms with Crippen LogP contribution in [0.5, 0.6) is 0 Å². The lowest BCUT2D eigenvalue weighted by molar-refractivity contribution is -0.138. The number of hydrogen-bond donors (Lipinski definition) is 2. The molecule has 8 heteroatoms. The summed E-state index contributed by atoms with van der Waals surface area (Å²) in [7, 11) is 0. The second kappa shape index (κ2) is 4.96. The average molecular weight is 267 g/mol. The van der Waals surface area contributed by atoms with Crippen LogP contribution in [0.25, 0.3) is 10.2 Å². The molecule has 0 atom stereocenters. The smallest absolute Gasteiger partial charge is 0.322 e. The summed E-state index contributed by atoms with van der Waals surface area (Å²) in [6.45, 7) is -0.716. The Labute approximate surface area is 105 Å². The van der Waals surface area contributed by atoms with Crippen LogP contribution in [0.2, 0.25) is 0 Å². The fourth-order valence-electron chi connectivity index (χ4n) is 1.39. The molecule has 2 aromatic rings. The van der Waals surface area contributed by atoms with Crippen LogP contribution in [0.3, 0.4) is 0 Å². The van der Waals surface area contributed by atoms with Gasteiger partial charge in [0.25, 0.3) is 5.56 Å². The first-order valence-corrected chi connectivity index (χ1v) is 5.87. The van der Waals surface area contributed by atoms with Crippen molar-refractivity contribution < 1.29 is 14.7 Å². The van der Waals surface area contributed by atoms with Crippen molar-refractivity contribution in [2.75, 3.05) is 6.54 Å². The van der Waals surface area contributed by atoms with Gasteiger partial charge in [-0.15, -0.1) is 11.3 Å². The molecule has 2 N–H and O–H groups in total. The van der Waals surface area contributed by atoms with Gasteiger partial charge in [-0.25, -0.2) is 4.98 Å². The van der Waals surface area contributed by atoms with Crippen molar-refractivity contribution in [3.8, 4) is 0 Å². The molecule has 2 heterocycles. The zero-order valence-corrected chi connectivity index (χ0v) is 9.94. The lowest BCUT2D eigenvalue weighted by atomic mass is 10.4. The maximum atomic E-state index is 11.9. The second-order valence-electron chi connectivity index (χ2n) is 3.49. The van der Waals surface area contributed by atoms with Gasteiger partial charge in [-0.05, 0) is 11.4 Å². The molecule has 0 aliphatic carbocycles. The summed E-state index contributed by atoms with van der Waals surface area (Å²) >= 11 is 1.34. The van der Waals surface area contributed by atoms with E-state index in [4.69, 9.17) is 5.11 Å². The van der Waals surface area contributed by atoms with E-state index in [1.165, 1.54) is 17.7 Å². The van der Waals surface area contributed by atoms with Crippen LogP contribution in [0.15, 0.2) is 22.6 Å². The molecular weight excluding hydrogens is 258 g/mol. The molecule has 0 unspecified atom stereocenters. The van der Waals surface area contributed by atoms with Gasteiger partial charge in [0.2, 0.25) is 5.91 Å². The Morgan fingerprint density at radius 3 is 3.00 bits per heavy atom. The quantitative estimate of drug-likeness (QED) is 0.789. The van der Waals surface area contributed by atoms with Gasteiger partial charge in [0, 0.05) is 0 Å². The number of hydrogen-bond acceptors (Lipinski definition) is 5. The first-order valence-electron chi connectivity index (χ1n) is 4.99. The summed E-state index contributed by atoms with van der Waals surface area (Å²) in [6, 6.07) is 1.64. The zero-order chi connectivity index (χ0) is 13.1. The topological polar surface area (TPSA) is 101 Å². The number of aliphatic carboxylic acids is 1. The fraction of sp³-hybridized carbons (Fsp3) is 0.200. The molecule has 94 valence electrons. The molecule has 0 aliphatic rings. The standard InChI is InChI=1S/C10H9N3O4S/c14-7(11-3-8(15)16)4-13-5-12-9-6(10(13)17)1-2-18-9/h1-2,5H,3-4H2,(H,11,14)(H,15,16). The van der Waals surface area contributed by atoms with E-state index >= 15 is 0 Å². The number of carboxylic acids is 1. The average Bonchev–Trinajstić information content (AvgIpc) is 2.79. The maximum Gasteiger partial charge on any atom is 0.322 e. The van der Waals surface area contributed by atoms with Crippen molar-refractivity contribution in [3.05, 3.63) is 28.1 Å². The Morgan fingerprint density at radius 1 is 1.50 bits per heavy atom. The maximum absolute atomic E-state index is 11.9. The molecule has 0 aliphatic heterocycles. The number of carbonyl (C=O) groups is 2. The molecule has 2 aromatic heterocycles. The minimum atomic E-state index is -1.14. The summed E-state index contributed by atoms with van der Waals surface area (Å²) in [4.78, 5) is 38.2. The Kier molecular flexibility index (Phi) is 3.38. The van der Waals surface area contributed by atoms with Crippen molar-refractivity contribution in [2.45, 2.75) is 6.54 Å². The highest BCUT2D eigenvalue weighted by molar-refractivity contribution is 7.16. The van der Waals surface area contributed by atoms with Crippen LogP contribution in [0.4, 0.5) is 0 Å². The fourth-order valence-corrected chi connectivity index (χ4v) is 2.11. The lowest BCUT2D eigenvalue weighted by Crippen LogP contribution is -2.35. The molecule has 1 amide bonds. The molecular formula is C10H9N3O4S. The predicted octanol–water partition coefficient (Wildman–Crippen LogP) is -0.341. The van der Waals surface area contributed by atoms with E-state index in [2.05, 4.69) is 10.3 Å². The Balaban J connectivity index is 2.16. The number of fused-ring (bicyclic) bond motifs is 1. The SMILES string of the molecule is O=C(O)CNC(=O)Cn1cnc2sccc2c1=O. The van der Waals surface area contributed by atoms with Crippen LogP contribution in [0.1, 0.15) is 0 Å². The van der Waals surface area contributed by atoms with Gasteiger partial charge in [0.1, 0.15) is 17.9 Å². The van der Waals surface area contributed by atoms with Crippen molar-refractivity contribution in [1.29, 1.82) is 0 Å². The van der Waals surface area contributed by atoms with Gasteiger partial charge in [-0.1, -0.05) is 0 Å². The van der Waals surface area contributed by atoms with E-state index in [0.29, 0.717) is 10.2 Å². The largest absolute Gasteiger partial charge is 0.480 e. The summed E-state index contributed by atoms with van der Waals surface area (Å²) in [5.41, 5.74) is -0.313. The zero-order valence-electron chi connectivity index (χ0n) is 9.12. The number of carbonyl (C=O) groups excluding carboxylic acids is 1. The minimum absolute atomic E-state index is 0.245. The molecule has 0 saturated heterocycles. The van der Waals surface area contributed by atoms with Crippen LogP contribution in [-0.4, -0.2) is 33.1 Å². The van der Waals surface area contributed by atoms with Gasteiger partial charge >= 0.3 is 5.97 Å². The van der Waals surface area contributed by atoms with Crippen molar-refractivity contribution >= 4 is 33.4 Å². The number of carboxylic acid groups (broad SMARTS) is 1. The normalized spacial score (nSPS) is 10.4.